The average Bonchev–Trinajstić information content (AvgIpc) is 2.37. The maximum atomic E-state index is 13.4. The molecule has 0 saturated carbocycles. The molecule has 5 nitrogen and oxygen atoms in total. The third kappa shape index (κ3) is 2.96. The van der Waals surface area contributed by atoms with Gasteiger partial charge in [-0.25, -0.2) is 13.2 Å². The molecule has 0 saturated heterocycles. The summed E-state index contributed by atoms with van der Waals surface area (Å²) in [5.41, 5.74) is -1.21. The molecular weight excluding hydrogens is 273 g/mol. The first-order chi connectivity index (χ1) is 8.81. The molecule has 0 bridgehead atoms. The first kappa shape index (κ1) is 15.3. The standard InChI is InChI=1S/C9H8BF4NO4/c1-19-8-3(9(16)15-2-10(17)18)4(11)5(12)6(13)7(8)14/h17-18H,2H2,1H3,(H,15,16). The number of carbonyl (C=O) groups is 1. The Morgan fingerprint density at radius 3 is 2.16 bits per heavy atom. The Kier molecular flexibility index (Phi) is 4.73. The predicted octanol–water partition coefficient (Wildman–Crippen LogP) is -0.00660. The van der Waals surface area contributed by atoms with Gasteiger partial charge in [-0.1, -0.05) is 0 Å². The van der Waals surface area contributed by atoms with E-state index in [1.807, 2.05) is 0 Å². The normalized spacial score (nSPS) is 10.3. The Morgan fingerprint density at radius 2 is 1.68 bits per heavy atom. The number of halogens is 4. The van der Waals surface area contributed by atoms with E-state index in [-0.39, 0.29) is 0 Å². The SMILES string of the molecule is COc1c(F)c(F)c(F)c(F)c1C(=O)NCB(O)O. The second-order valence-electron chi connectivity index (χ2n) is 3.35. The number of rotatable bonds is 4. The Hall–Kier alpha value is -1.81. The predicted molar refractivity (Wildman–Crippen MR) is 55.4 cm³/mol. The molecule has 0 heterocycles. The molecule has 3 N–H and O–H groups in total. The Labute approximate surface area is 104 Å². The number of nitrogens with one attached hydrogen (secondary N) is 1. The lowest BCUT2D eigenvalue weighted by molar-refractivity contribution is 0.0946. The summed E-state index contributed by atoms with van der Waals surface area (Å²) in [6, 6.07) is 0. The molecule has 1 rings (SSSR count). The van der Waals surface area contributed by atoms with Gasteiger partial charge in [0.25, 0.3) is 5.91 Å². The lowest BCUT2D eigenvalue weighted by atomic mass is 9.92. The van der Waals surface area contributed by atoms with Crippen LogP contribution in [0.5, 0.6) is 5.75 Å². The molecule has 1 aromatic carbocycles. The van der Waals surface area contributed by atoms with Gasteiger partial charge in [0, 0.05) is 0 Å². The van der Waals surface area contributed by atoms with Crippen molar-refractivity contribution in [2.45, 2.75) is 0 Å². The van der Waals surface area contributed by atoms with Crippen LogP contribution in [-0.2, 0) is 0 Å². The van der Waals surface area contributed by atoms with Gasteiger partial charge >= 0.3 is 7.12 Å². The van der Waals surface area contributed by atoms with Crippen LogP contribution in [0.15, 0.2) is 0 Å². The minimum Gasteiger partial charge on any atom is -0.493 e. The molecule has 0 radical (unpaired) electrons. The van der Waals surface area contributed by atoms with Crippen molar-refractivity contribution in [1.82, 2.24) is 5.32 Å². The summed E-state index contributed by atoms with van der Waals surface area (Å²) in [6.45, 7) is 0. The maximum Gasteiger partial charge on any atom is 0.472 e. The quantitative estimate of drug-likeness (QED) is 0.314. The summed E-state index contributed by atoms with van der Waals surface area (Å²) in [4.78, 5) is 11.5. The van der Waals surface area contributed by atoms with Crippen molar-refractivity contribution >= 4 is 13.0 Å². The van der Waals surface area contributed by atoms with E-state index in [0.29, 0.717) is 0 Å². The number of ether oxygens (including phenoxy) is 1. The molecule has 0 aromatic heterocycles. The van der Waals surface area contributed by atoms with Crippen LogP contribution in [0.25, 0.3) is 0 Å². The van der Waals surface area contributed by atoms with Gasteiger partial charge in [0.15, 0.2) is 17.4 Å². The van der Waals surface area contributed by atoms with Crippen molar-refractivity contribution in [3.05, 3.63) is 28.8 Å². The fourth-order valence-electron chi connectivity index (χ4n) is 1.28. The Balaban J connectivity index is 3.30. The Morgan fingerprint density at radius 1 is 1.16 bits per heavy atom. The van der Waals surface area contributed by atoms with E-state index >= 15 is 0 Å². The highest BCUT2D eigenvalue weighted by Gasteiger charge is 2.30. The highest BCUT2D eigenvalue weighted by molar-refractivity contribution is 6.41. The van der Waals surface area contributed by atoms with E-state index in [9.17, 15) is 22.4 Å². The first-order valence-corrected chi connectivity index (χ1v) is 4.85. The molecule has 0 aliphatic rings. The molecule has 104 valence electrons. The van der Waals surface area contributed by atoms with Gasteiger partial charge in [-0.05, 0) is 0 Å². The minimum atomic E-state index is -2.17. The van der Waals surface area contributed by atoms with E-state index in [4.69, 9.17) is 10.0 Å². The van der Waals surface area contributed by atoms with Crippen molar-refractivity contribution in [1.29, 1.82) is 0 Å². The third-order valence-corrected chi connectivity index (χ3v) is 2.10. The van der Waals surface area contributed by atoms with Gasteiger partial charge in [0.1, 0.15) is 5.56 Å². The molecule has 0 spiro atoms. The fourth-order valence-corrected chi connectivity index (χ4v) is 1.28. The van der Waals surface area contributed by atoms with Crippen LogP contribution < -0.4 is 10.1 Å². The van der Waals surface area contributed by atoms with E-state index < -0.39 is 54.1 Å². The molecular formula is C9H8BF4NO4. The van der Waals surface area contributed by atoms with Crippen LogP contribution in [0.3, 0.4) is 0 Å². The van der Waals surface area contributed by atoms with E-state index in [1.165, 1.54) is 0 Å². The molecule has 1 amide bonds. The zero-order chi connectivity index (χ0) is 14.7. The highest BCUT2D eigenvalue weighted by Crippen LogP contribution is 2.30. The number of benzene rings is 1. The van der Waals surface area contributed by atoms with Crippen LogP contribution in [0, 0.1) is 23.3 Å². The van der Waals surface area contributed by atoms with Gasteiger partial charge in [0.2, 0.25) is 11.6 Å². The van der Waals surface area contributed by atoms with Crippen LogP contribution in [0.2, 0.25) is 0 Å². The van der Waals surface area contributed by atoms with Crippen LogP contribution in [-0.4, -0.2) is 36.6 Å². The van der Waals surface area contributed by atoms with Gasteiger partial charge < -0.3 is 20.1 Å². The van der Waals surface area contributed by atoms with E-state index in [1.54, 1.807) is 5.32 Å². The number of methoxy groups -OCH3 is 1. The van der Waals surface area contributed by atoms with Crippen LogP contribution >= 0.6 is 0 Å². The highest BCUT2D eigenvalue weighted by atomic mass is 19.2. The van der Waals surface area contributed by atoms with Crippen molar-refractivity contribution in [3.8, 4) is 5.75 Å². The van der Waals surface area contributed by atoms with Crippen LogP contribution in [0.4, 0.5) is 17.6 Å². The topological polar surface area (TPSA) is 78.8 Å². The largest absolute Gasteiger partial charge is 0.493 e. The second-order valence-corrected chi connectivity index (χ2v) is 3.35. The third-order valence-electron chi connectivity index (χ3n) is 2.10. The second kappa shape index (κ2) is 5.89. The number of hydrogen-bond acceptors (Lipinski definition) is 4. The molecule has 0 atom stereocenters. The van der Waals surface area contributed by atoms with Gasteiger partial charge in [-0.15, -0.1) is 0 Å². The summed E-state index contributed by atoms with van der Waals surface area (Å²) < 4.78 is 56.9. The lowest BCUT2D eigenvalue weighted by Crippen LogP contribution is -2.36. The molecule has 19 heavy (non-hydrogen) atoms. The zero-order valence-electron chi connectivity index (χ0n) is 9.51. The van der Waals surface area contributed by atoms with E-state index in [0.717, 1.165) is 7.11 Å². The lowest BCUT2D eigenvalue weighted by Gasteiger charge is -2.12. The molecule has 0 aliphatic carbocycles. The zero-order valence-corrected chi connectivity index (χ0v) is 9.51. The van der Waals surface area contributed by atoms with Gasteiger partial charge in [-0.2, -0.15) is 4.39 Å². The summed E-state index contributed by atoms with van der Waals surface area (Å²) >= 11 is 0. The number of amides is 1. The molecule has 0 aliphatic heterocycles. The first-order valence-electron chi connectivity index (χ1n) is 4.85. The Bertz CT molecular complexity index is 512. The minimum absolute atomic E-state index is 0.720. The van der Waals surface area contributed by atoms with Crippen molar-refractivity contribution in [2.75, 3.05) is 13.6 Å². The van der Waals surface area contributed by atoms with Crippen LogP contribution in [0.1, 0.15) is 10.4 Å². The molecule has 10 heteroatoms. The molecule has 0 unspecified atom stereocenters. The average molecular weight is 281 g/mol. The number of carbonyl (C=O) groups excluding carboxylic acids is 1. The van der Waals surface area contributed by atoms with Gasteiger partial charge in [0.05, 0.1) is 13.6 Å². The summed E-state index contributed by atoms with van der Waals surface area (Å²) in [5.74, 6) is -10.6. The monoisotopic (exact) mass is 281 g/mol. The molecule has 0 fully saturated rings. The smallest absolute Gasteiger partial charge is 0.472 e. The summed E-state index contributed by atoms with van der Waals surface area (Å²) in [5, 5.41) is 18.8. The summed E-state index contributed by atoms with van der Waals surface area (Å²) in [6.07, 6.45) is -0.720. The van der Waals surface area contributed by atoms with Gasteiger partial charge in [-0.3, -0.25) is 4.79 Å². The molecule has 1 aromatic rings. The fraction of sp³-hybridized carbons (Fsp3) is 0.222. The van der Waals surface area contributed by atoms with Crippen molar-refractivity contribution < 1.29 is 37.1 Å². The van der Waals surface area contributed by atoms with E-state index in [2.05, 4.69) is 4.74 Å². The number of hydrogen-bond donors (Lipinski definition) is 3. The maximum absolute atomic E-state index is 13.4. The van der Waals surface area contributed by atoms with Crippen molar-refractivity contribution in [3.63, 3.8) is 0 Å². The van der Waals surface area contributed by atoms with Crippen molar-refractivity contribution in [2.24, 2.45) is 0 Å². The summed E-state index contributed by atoms with van der Waals surface area (Å²) in [7, 11) is -1.12.